The lowest BCUT2D eigenvalue weighted by Gasteiger charge is -2.30. The molecule has 0 aromatic carbocycles. The Hall–Kier alpha value is -1.85. The summed E-state index contributed by atoms with van der Waals surface area (Å²) in [5.74, 6) is -2.99. The van der Waals surface area contributed by atoms with Crippen molar-refractivity contribution in [2.75, 3.05) is 20.2 Å². The smallest absolute Gasteiger partial charge is 0.325 e. The van der Waals surface area contributed by atoms with Gasteiger partial charge in [-0.1, -0.05) is 19.1 Å². The van der Waals surface area contributed by atoms with Gasteiger partial charge in [-0.05, 0) is 24.7 Å². The number of esters is 1. The van der Waals surface area contributed by atoms with Gasteiger partial charge in [0.25, 0.3) is 0 Å². The van der Waals surface area contributed by atoms with E-state index in [-0.39, 0.29) is 24.3 Å². The molecule has 21 heavy (non-hydrogen) atoms. The van der Waals surface area contributed by atoms with Crippen molar-refractivity contribution in [3.05, 3.63) is 12.2 Å². The number of amides is 1. The van der Waals surface area contributed by atoms with Gasteiger partial charge in [-0.25, -0.2) is 0 Å². The summed E-state index contributed by atoms with van der Waals surface area (Å²) in [6.45, 7) is 2.22. The Labute approximate surface area is 123 Å². The van der Waals surface area contributed by atoms with Crippen molar-refractivity contribution in [3.63, 3.8) is 0 Å². The number of nitrogens with zero attached hydrogens (tertiary/aromatic N) is 1. The molecule has 6 nitrogen and oxygen atoms in total. The number of methoxy groups -OCH3 is 1. The Bertz CT molecular complexity index is 473. The Morgan fingerprint density at radius 2 is 1.86 bits per heavy atom. The van der Waals surface area contributed by atoms with Crippen LogP contribution in [0.15, 0.2) is 12.2 Å². The number of carbonyl (C=O) groups excluding carboxylic acids is 2. The number of allylic oxidation sites excluding steroid dienone is 2. The van der Waals surface area contributed by atoms with Crippen LogP contribution in [0.2, 0.25) is 0 Å². The van der Waals surface area contributed by atoms with E-state index in [0.717, 1.165) is 0 Å². The second-order valence-corrected chi connectivity index (χ2v) is 5.67. The zero-order valence-corrected chi connectivity index (χ0v) is 12.3. The molecule has 2 aliphatic carbocycles. The van der Waals surface area contributed by atoms with Crippen molar-refractivity contribution in [3.8, 4) is 0 Å². The second-order valence-electron chi connectivity index (χ2n) is 5.67. The third-order valence-electron chi connectivity index (χ3n) is 4.38. The minimum Gasteiger partial charge on any atom is -0.481 e. The molecule has 2 rings (SSSR count). The lowest BCUT2D eigenvalue weighted by molar-refractivity contribution is -0.154. The van der Waals surface area contributed by atoms with Gasteiger partial charge in [-0.2, -0.15) is 0 Å². The SMILES string of the molecule is CCCN(CC(=O)OC)C(=O)[C@H]1C2C=CC(C2)[C@H]1C(=O)O. The maximum absolute atomic E-state index is 12.7. The summed E-state index contributed by atoms with van der Waals surface area (Å²) < 4.78 is 4.61. The fraction of sp³-hybridized carbons (Fsp3) is 0.667. The zero-order valence-electron chi connectivity index (χ0n) is 12.3. The monoisotopic (exact) mass is 295 g/mol. The summed E-state index contributed by atoms with van der Waals surface area (Å²) in [7, 11) is 1.28. The number of aliphatic carboxylic acids is 1. The lowest BCUT2D eigenvalue weighted by atomic mass is 9.82. The van der Waals surface area contributed by atoms with Gasteiger partial charge in [0.05, 0.1) is 18.9 Å². The van der Waals surface area contributed by atoms with Crippen LogP contribution in [-0.4, -0.2) is 48.1 Å². The Morgan fingerprint density at radius 1 is 1.24 bits per heavy atom. The average Bonchev–Trinajstić information content (AvgIpc) is 3.06. The maximum atomic E-state index is 12.7. The summed E-state index contributed by atoms with van der Waals surface area (Å²) >= 11 is 0. The molecule has 0 spiro atoms. The minimum atomic E-state index is -0.931. The van der Waals surface area contributed by atoms with Crippen LogP contribution in [-0.2, 0) is 19.1 Å². The molecule has 4 atom stereocenters. The number of hydrogen-bond donors (Lipinski definition) is 1. The van der Waals surface area contributed by atoms with Crippen LogP contribution in [0, 0.1) is 23.7 Å². The summed E-state index contributed by atoms with van der Waals surface area (Å²) in [6.07, 6.45) is 5.26. The Balaban J connectivity index is 2.17. The quantitative estimate of drug-likeness (QED) is 0.582. The molecule has 116 valence electrons. The molecule has 0 heterocycles. The third kappa shape index (κ3) is 2.94. The van der Waals surface area contributed by atoms with E-state index in [2.05, 4.69) is 4.74 Å². The summed E-state index contributed by atoms with van der Waals surface area (Å²) in [6, 6.07) is 0. The van der Waals surface area contributed by atoms with Gasteiger partial charge in [0.1, 0.15) is 6.54 Å². The molecule has 1 fully saturated rings. The van der Waals surface area contributed by atoms with Crippen molar-refractivity contribution in [2.24, 2.45) is 23.7 Å². The number of rotatable bonds is 6. The molecule has 0 aromatic rings. The summed E-state index contributed by atoms with van der Waals surface area (Å²) in [4.78, 5) is 37.1. The Morgan fingerprint density at radius 3 is 2.38 bits per heavy atom. The average molecular weight is 295 g/mol. The van der Waals surface area contributed by atoms with E-state index >= 15 is 0 Å². The second kappa shape index (κ2) is 6.28. The Kier molecular flexibility index (Phi) is 4.65. The van der Waals surface area contributed by atoms with Gasteiger partial charge >= 0.3 is 11.9 Å². The van der Waals surface area contributed by atoms with Crippen molar-refractivity contribution in [2.45, 2.75) is 19.8 Å². The zero-order chi connectivity index (χ0) is 15.6. The summed E-state index contributed by atoms with van der Waals surface area (Å²) in [5.41, 5.74) is 0. The van der Waals surface area contributed by atoms with E-state index < -0.39 is 23.8 Å². The van der Waals surface area contributed by atoms with Crippen molar-refractivity contribution >= 4 is 17.8 Å². The fourth-order valence-electron chi connectivity index (χ4n) is 3.46. The van der Waals surface area contributed by atoms with Gasteiger partial charge in [0.15, 0.2) is 0 Å². The van der Waals surface area contributed by atoms with E-state index in [4.69, 9.17) is 0 Å². The number of carboxylic acids is 1. The van der Waals surface area contributed by atoms with Gasteiger partial charge in [-0.3, -0.25) is 14.4 Å². The largest absolute Gasteiger partial charge is 0.481 e. The van der Waals surface area contributed by atoms with E-state index in [1.165, 1.54) is 12.0 Å². The van der Waals surface area contributed by atoms with Crippen LogP contribution in [0.3, 0.4) is 0 Å². The predicted molar refractivity (Wildman–Crippen MR) is 74.2 cm³/mol. The molecule has 1 saturated carbocycles. The highest BCUT2D eigenvalue weighted by molar-refractivity contribution is 5.89. The van der Waals surface area contributed by atoms with Crippen LogP contribution in [0.4, 0.5) is 0 Å². The number of carboxylic acid groups (broad SMARTS) is 1. The molecule has 0 radical (unpaired) electrons. The molecule has 2 aliphatic rings. The minimum absolute atomic E-state index is 0.0272. The molecule has 0 aliphatic heterocycles. The van der Waals surface area contributed by atoms with Crippen LogP contribution in [0.25, 0.3) is 0 Å². The third-order valence-corrected chi connectivity index (χ3v) is 4.38. The van der Waals surface area contributed by atoms with Gasteiger partial charge < -0.3 is 14.7 Å². The van der Waals surface area contributed by atoms with Crippen LogP contribution in [0.5, 0.6) is 0 Å². The normalized spacial score (nSPS) is 29.4. The van der Waals surface area contributed by atoms with E-state index in [9.17, 15) is 19.5 Å². The predicted octanol–water partition coefficient (Wildman–Crippen LogP) is 0.921. The molecule has 2 unspecified atom stereocenters. The van der Waals surface area contributed by atoms with E-state index in [1.807, 2.05) is 19.1 Å². The lowest BCUT2D eigenvalue weighted by Crippen LogP contribution is -2.45. The highest BCUT2D eigenvalue weighted by atomic mass is 16.5. The number of ether oxygens (including phenoxy) is 1. The highest BCUT2D eigenvalue weighted by Crippen LogP contribution is 2.48. The maximum Gasteiger partial charge on any atom is 0.325 e. The molecule has 1 N–H and O–H groups in total. The van der Waals surface area contributed by atoms with Gasteiger partial charge in [-0.15, -0.1) is 0 Å². The molecule has 1 amide bonds. The van der Waals surface area contributed by atoms with Gasteiger partial charge in [0, 0.05) is 6.54 Å². The van der Waals surface area contributed by atoms with E-state index in [0.29, 0.717) is 19.4 Å². The number of hydrogen-bond acceptors (Lipinski definition) is 4. The van der Waals surface area contributed by atoms with Crippen molar-refractivity contribution in [1.29, 1.82) is 0 Å². The van der Waals surface area contributed by atoms with Crippen molar-refractivity contribution < 1.29 is 24.2 Å². The van der Waals surface area contributed by atoms with Crippen LogP contribution < -0.4 is 0 Å². The first kappa shape index (κ1) is 15.5. The molecular formula is C15H21NO5. The molecule has 2 bridgehead atoms. The van der Waals surface area contributed by atoms with E-state index in [1.54, 1.807) is 0 Å². The summed E-state index contributed by atoms with van der Waals surface area (Å²) in [5, 5.41) is 9.40. The van der Waals surface area contributed by atoms with Crippen LogP contribution in [0.1, 0.15) is 19.8 Å². The molecular weight excluding hydrogens is 274 g/mol. The van der Waals surface area contributed by atoms with Crippen LogP contribution >= 0.6 is 0 Å². The number of fused-ring (bicyclic) bond motifs is 2. The fourth-order valence-corrected chi connectivity index (χ4v) is 3.46. The first-order valence-corrected chi connectivity index (χ1v) is 7.26. The first-order chi connectivity index (χ1) is 9.99. The first-order valence-electron chi connectivity index (χ1n) is 7.26. The molecule has 0 saturated heterocycles. The number of carbonyl (C=O) groups is 3. The van der Waals surface area contributed by atoms with Crippen molar-refractivity contribution in [1.82, 2.24) is 4.90 Å². The highest BCUT2D eigenvalue weighted by Gasteiger charge is 2.52. The van der Waals surface area contributed by atoms with Gasteiger partial charge in [0.2, 0.25) is 5.91 Å². The topological polar surface area (TPSA) is 83.9 Å². The molecule has 0 aromatic heterocycles. The standard InChI is InChI=1S/C15H21NO5/c1-3-6-16(8-11(17)21-2)14(18)12-9-4-5-10(7-9)13(12)15(19)20/h4-5,9-10,12-13H,3,6-8H2,1-2H3,(H,19,20)/t9?,10?,12-,13+/m0/s1. The molecule has 6 heteroatoms.